The van der Waals surface area contributed by atoms with Crippen LogP contribution in [0.25, 0.3) is 0 Å². The van der Waals surface area contributed by atoms with Gasteiger partial charge in [-0.3, -0.25) is 4.79 Å². The van der Waals surface area contributed by atoms with E-state index in [4.69, 9.17) is 5.26 Å². The Kier molecular flexibility index (Phi) is 2.69. The van der Waals surface area contributed by atoms with Crippen LogP contribution >= 0.6 is 0 Å². The summed E-state index contributed by atoms with van der Waals surface area (Å²) in [5, 5.41) is 12.1. The third-order valence-corrected chi connectivity index (χ3v) is 4.21. The van der Waals surface area contributed by atoms with Crippen molar-refractivity contribution in [3.63, 3.8) is 0 Å². The van der Waals surface area contributed by atoms with Crippen molar-refractivity contribution in [2.45, 2.75) is 58.4 Å². The van der Waals surface area contributed by atoms with Crippen LogP contribution in [0.3, 0.4) is 0 Å². The van der Waals surface area contributed by atoms with Gasteiger partial charge in [-0.25, -0.2) is 0 Å². The fraction of sp³-hybridized carbons (Fsp3) is 0.846. The molecular formula is C13H20N2O. The maximum Gasteiger partial charge on any atom is 0.240 e. The van der Waals surface area contributed by atoms with Crippen molar-refractivity contribution in [1.82, 2.24) is 5.32 Å². The summed E-state index contributed by atoms with van der Waals surface area (Å²) in [5.74, 6) is -0.0324. The van der Waals surface area contributed by atoms with Crippen molar-refractivity contribution < 1.29 is 4.79 Å². The Hall–Kier alpha value is -1.04. The van der Waals surface area contributed by atoms with E-state index in [9.17, 15) is 4.79 Å². The lowest BCUT2D eigenvalue weighted by Crippen LogP contribution is -2.49. The van der Waals surface area contributed by atoms with Crippen LogP contribution in [0.2, 0.25) is 0 Å². The van der Waals surface area contributed by atoms with Crippen molar-refractivity contribution in [3.05, 3.63) is 0 Å². The minimum atomic E-state index is -0.673. The molecule has 0 saturated heterocycles. The molecule has 1 N–H and O–H groups in total. The Balaban J connectivity index is 1.99. The van der Waals surface area contributed by atoms with Crippen LogP contribution in [0, 0.1) is 22.2 Å². The summed E-state index contributed by atoms with van der Waals surface area (Å²) in [6.45, 7) is 4.42. The predicted octanol–water partition coefficient (Wildman–Crippen LogP) is 2.38. The Labute approximate surface area is 97.2 Å². The molecule has 1 unspecified atom stereocenters. The van der Waals surface area contributed by atoms with E-state index in [1.165, 1.54) is 12.8 Å². The Morgan fingerprint density at radius 1 is 1.31 bits per heavy atom. The molecule has 0 radical (unpaired) electrons. The van der Waals surface area contributed by atoms with Crippen LogP contribution in [0.1, 0.15) is 52.4 Å². The van der Waals surface area contributed by atoms with E-state index in [1.807, 2.05) is 0 Å². The minimum Gasteiger partial charge on any atom is -0.351 e. The van der Waals surface area contributed by atoms with Gasteiger partial charge in [0.25, 0.3) is 0 Å². The van der Waals surface area contributed by atoms with Crippen LogP contribution in [0.5, 0.6) is 0 Å². The third-order valence-electron chi connectivity index (χ3n) is 4.21. The van der Waals surface area contributed by atoms with Gasteiger partial charge in [0.1, 0.15) is 5.41 Å². The smallest absolute Gasteiger partial charge is 0.240 e. The van der Waals surface area contributed by atoms with E-state index in [0.717, 1.165) is 25.7 Å². The zero-order valence-electron chi connectivity index (χ0n) is 10.2. The summed E-state index contributed by atoms with van der Waals surface area (Å²) < 4.78 is 0. The van der Waals surface area contributed by atoms with Crippen molar-refractivity contribution >= 4 is 5.91 Å². The summed E-state index contributed by atoms with van der Waals surface area (Å²) in [6, 6.07) is 2.41. The first-order valence-corrected chi connectivity index (χ1v) is 6.22. The van der Waals surface area contributed by atoms with Crippen LogP contribution < -0.4 is 5.32 Å². The van der Waals surface area contributed by atoms with Gasteiger partial charge in [-0.05, 0) is 31.1 Å². The molecule has 88 valence electrons. The molecule has 3 heteroatoms. The number of amides is 1. The average Bonchev–Trinajstić information content (AvgIpc) is 3.01. The molecule has 2 rings (SSSR count). The van der Waals surface area contributed by atoms with Gasteiger partial charge in [-0.2, -0.15) is 5.26 Å². The number of rotatable bonds is 2. The molecule has 2 fully saturated rings. The zero-order valence-corrected chi connectivity index (χ0v) is 10.2. The van der Waals surface area contributed by atoms with Gasteiger partial charge in [-0.1, -0.05) is 26.7 Å². The second-order valence-corrected chi connectivity index (χ2v) is 5.95. The highest BCUT2D eigenvalue weighted by molar-refractivity contribution is 5.88. The molecule has 0 aliphatic heterocycles. The molecule has 0 aromatic carbocycles. The van der Waals surface area contributed by atoms with Gasteiger partial charge < -0.3 is 5.32 Å². The van der Waals surface area contributed by atoms with Crippen LogP contribution in [0.15, 0.2) is 0 Å². The van der Waals surface area contributed by atoms with E-state index >= 15 is 0 Å². The van der Waals surface area contributed by atoms with E-state index in [1.54, 1.807) is 0 Å². The summed E-state index contributed by atoms with van der Waals surface area (Å²) >= 11 is 0. The third kappa shape index (κ3) is 1.93. The first-order valence-electron chi connectivity index (χ1n) is 6.22. The van der Waals surface area contributed by atoms with Crippen molar-refractivity contribution in [3.8, 4) is 6.07 Å². The Morgan fingerprint density at radius 2 is 2.00 bits per heavy atom. The van der Waals surface area contributed by atoms with Gasteiger partial charge in [0, 0.05) is 6.04 Å². The number of hydrogen-bond acceptors (Lipinski definition) is 2. The van der Waals surface area contributed by atoms with Gasteiger partial charge in [-0.15, -0.1) is 0 Å². The molecule has 2 aliphatic carbocycles. The Morgan fingerprint density at radius 3 is 2.50 bits per heavy atom. The normalized spacial score (nSPS) is 30.2. The maximum atomic E-state index is 12.0. The average molecular weight is 220 g/mol. The molecule has 0 aromatic heterocycles. The highest BCUT2D eigenvalue weighted by Gasteiger charge is 2.51. The monoisotopic (exact) mass is 220 g/mol. The molecule has 0 aromatic rings. The van der Waals surface area contributed by atoms with E-state index in [-0.39, 0.29) is 17.4 Å². The van der Waals surface area contributed by atoms with Crippen molar-refractivity contribution in [2.24, 2.45) is 10.8 Å². The molecule has 1 atom stereocenters. The molecule has 2 saturated carbocycles. The largest absolute Gasteiger partial charge is 0.351 e. The molecule has 0 bridgehead atoms. The van der Waals surface area contributed by atoms with Crippen molar-refractivity contribution in [2.75, 3.05) is 0 Å². The molecule has 1 amide bonds. The quantitative estimate of drug-likeness (QED) is 0.776. The highest BCUT2D eigenvalue weighted by Crippen LogP contribution is 2.46. The second kappa shape index (κ2) is 3.76. The summed E-state index contributed by atoms with van der Waals surface area (Å²) in [5.41, 5.74) is -0.493. The molecule has 3 nitrogen and oxygen atoms in total. The fourth-order valence-electron chi connectivity index (χ4n) is 2.57. The molecule has 0 heterocycles. The van der Waals surface area contributed by atoms with Crippen LogP contribution in [0.4, 0.5) is 0 Å². The first kappa shape index (κ1) is 11.4. The van der Waals surface area contributed by atoms with Crippen molar-refractivity contribution in [1.29, 1.82) is 5.26 Å². The van der Waals surface area contributed by atoms with Gasteiger partial charge >= 0.3 is 0 Å². The molecular weight excluding hydrogens is 200 g/mol. The zero-order chi connectivity index (χ0) is 11.8. The second-order valence-electron chi connectivity index (χ2n) is 5.95. The first-order chi connectivity index (χ1) is 7.50. The summed E-state index contributed by atoms with van der Waals surface area (Å²) in [4.78, 5) is 12.0. The molecule has 16 heavy (non-hydrogen) atoms. The summed E-state index contributed by atoms with van der Waals surface area (Å²) in [6.07, 6.45) is 6.14. The highest BCUT2D eigenvalue weighted by atomic mass is 16.2. The van der Waals surface area contributed by atoms with Gasteiger partial charge in [0.2, 0.25) is 5.91 Å². The van der Waals surface area contributed by atoms with Crippen LogP contribution in [-0.4, -0.2) is 11.9 Å². The molecule has 2 aliphatic rings. The maximum absolute atomic E-state index is 12.0. The topological polar surface area (TPSA) is 52.9 Å². The van der Waals surface area contributed by atoms with E-state index < -0.39 is 5.41 Å². The van der Waals surface area contributed by atoms with Crippen LogP contribution in [-0.2, 0) is 4.79 Å². The SMILES string of the molecule is CC1(C)CCCCC1NC(=O)C1(C#N)CC1. The number of carbonyl (C=O) groups is 1. The predicted molar refractivity (Wildman–Crippen MR) is 61.5 cm³/mol. The van der Waals surface area contributed by atoms with E-state index in [2.05, 4.69) is 25.2 Å². The lowest BCUT2D eigenvalue weighted by atomic mass is 9.73. The molecule has 0 spiro atoms. The number of nitrogens with zero attached hydrogens (tertiary/aromatic N) is 1. The van der Waals surface area contributed by atoms with Gasteiger partial charge in [0.05, 0.1) is 6.07 Å². The Bertz CT molecular complexity index is 336. The number of hydrogen-bond donors (Lipinski definition) is 1. The van der Waals surface area contributed by atoms with Gasteiger partial charge in [0.15, 0.2) is 0 Å². The van der Waals surface area contributed by atoms with E-state index in [0.29, 0.717) is 0 Å². The lowest BCUT2D eigenvalue weighted by molar-refractivity contribution is -0.126. The lowest BCUT2D eigenvalue weighted by Gasteiger charge is -2.39. The number of nitriles is 1. The number of carbonyl (C=O) groups excluding carboxylic acids is 1. The fourth-order valence-corrected chi connectivity index (χ4v) is 2.57. The summed E-state index contributed by atoms with van der Waals surface area (Å²) in [7, 11) is 0. The minimum absolute atomic E-state index is 0.0324. The number of nitrogens with one attached hydrogen (secondary N) is 1. The standard InChI is InChI=1S/C13H20N2O/c1-12(2)6-4-3-5-10(12)15-11(16)13(9-14)7-8-13/h10H,3-8H2,1-2H3,(H,15,16).